The van der Waals surface area contributed by atoms with Gasteiger partial charge < -0.3 is 14.2 Å². The molecule has 6 nitrogen and oxygen atoms in total. The van der Waals surface area contributed by atoms with Crippen molar-refractivity contribution >= 4 is 12.1 Å². The minimum atomic E-state index is -0.769. The van der Waals surface area contributed by atoms with Crippen molar-refractivity contribution in [3.8, 4) is 0 Å². The van der Waals surface area contributed by atoms with Crippen LogP contribution in [0.5, 0.6) is 0 Å². The number of carbonyl (C=O) groups excluding carboxylic acids is 2. The van der Waals surface area contributed by atoms with Gasteiger partial charge in [0.05, 0.1) is 19.8 Å². The fourth-order valence-corrected chi connectivity index (χ4v) is 2.06. The summed E-state index contributed by atoms with van der Waals surface area (Å²) in [6, 6.07) is -0.769. The Hall–Kier alpha value is -1.56. The number of likely N-dealkylation sites (tertiary alicyclic amines) is 1. The van der Waals surface area contributed by atoms with Crippen molar-refractivity contribution in [2.45, 2.75) is 44.9 Å². The monoisotopic (exact) mass is 285 g/mol. The van der Waals surface area contributed by atoms with Gasteiger partial charge in [0.2, 0.25) is 0 Å². The normalized spacial score (nSPS) is 22.5. The Kier molecular flexibility index (Phi) is 5.56. The summed E-state index contributed by atoms with van der Waals surface area (Å²) in [5.41, 5.74) is -0.613. The first-order valence-corrected chi connectivity index (χ1v) is 6.60. The molecule has 0 aliphatic carbocycles. The maximum absolute atomic E-state index is 12.1. The molecule has 0 unspecified atom stereocenters. The molecule has 20 heavy (non-hydrogen) atoms. The maximum Gasteiger partial charge on any atom is 0.411 e. The highest BCUT2D eigenvalue weighted by Crippen LogP contribution is 2.24. The zero-order valence-corrected chi connectivity index (χ0v) is 12.5. The average Bonchev–Trinajstić information content (AvgIpc) is 2.77. The van der Waals surface area contributed by atoms with Crippen molar-refractivity contribution in [3.63, 3.8) is 0 Å². The first kappa shape index (κ1) is 16.5. The van der Waals surface area contributed by atoms with Gasteiger partial charge >= 0.3 is 12.1 Å². The molecule has 0 aromatic carbocycles. The summed E-state index contributed by atoms with van der Waals surface area (Å²) in [6.07, 6.45) is 1.24. The van der Waals surface area contributed by atoms with E-state index in [1.165, 1.54) is 12.0 Å². The predicted octanol–water partition coefficient (Wildman–Crippen LogP) is 1.74. The summed E-state index contributed by atoms with van der Waals surface area (Å²) < 4.78 is 15.6. The minimum Gasteiger partial charge on any atom is -0.467 e. The van der Waals surface area contributed by atoms with E-state index in [2.05, 4.69) is 6.58 Å². The highest BCUT2D eigenvalue weighted by molar-refractivity contribution is 5.83. The predicted molar refractivity (Wildman–Crippen MR) is 73.3 cm³/mol. The van der Waals surface area contributed by atoms with Crippen molar-refractivity contribution in [2.24, 2.45) is 0 Å². The van der Waals surface area contributed by atoms with Crippen molar-refractivity contribution in [2.75, 3.05) is 20.3 Å². The first-order valence-electron chi connectivity index (χ1n) is 6.60. The number of carbonyl (C=O) groups is 2. The van der Waals surface area contributed by atoms with Gasteiger partial charge in [0.25, 0.3) is 0 Å². The van der Waals surface area contributed by atoms with Crippen LogP contribution in [0.4, 0.5) is 4.79 Å². The van der Waals surface area contributed by atoms with Crippen LogP contribution in [0.15, 0.2) is 12.7 Å². The van der Waals surface area contributed by atoms with Crippen LogP contribution in [0.25, 0.3) is 0 Å². The Balaban J connectivity index is 2.81. The molecule has 1 fully saturated rings. The van der Waals surface area contributed by atoms with Crippen molar-refractivity contribution < 1.29 is 23.8 Å². The Morgan fingerprint density at radius 1 is 1.40 bits per heavy atom. The van der Waals surface area contributed by atoms with Gasteiger partial charge in [0.15, 0.2) is 6.04 Å². The second-order valence-electron chi connectivity index (χ2n) is 5.59. The van der Waals surface area contributed by atoms with Crippen LogP contribution >= 0.6 is 0 Å². The van der Waals surface area contributed by atoms with Crippen molar-refractivity contribution in [1.82, 2.24) is 4.90 Å². The molecule has 1 aliphatic rings. The third-order valence-corrected chi connectivity index (χ3v) is 2.84. The van der Waals surface area contributed by atoms with E-state index in [0.717, 1.165) is 0 Å². The minimum absolute atomic E-state index is 0.320. The zero-order chi connectivity index (χ0) is 15.3. The van der Waals surface area contributed by atoms with Gasteiger partial charge in [-0.25, -0.2) is 9.59 Å². The fraction of sp³-hybridized carbons (Fsp3) is 0.714. The lowest BCUT2D eigenvalue weighted by Crippen LogP contribution is -2.48. The molecule has 1 aliphatic heterocycles. The maximum atomic E-state index is 12.1. The summed E-state index contributed by atoms with van der Waals surface area (Å²) in [5, 5.41) is 0. The third-order valence-electron chi connectivity index (χ3n) is 2.84. The van der Waals surface area contributed by atoms with Crippen LogP contribution < -0.4 is 0 Å². The third kappa shape index (κ3) is 4.23. The summed E-state index contributed by atoms with van der Waals surface area (Å²) >= 11 is 0. The van der Waals surface area contributed by atoms with Crippen molar-refractivity contribution in [3.05, 3.63) is 12.7 Å². The lowest BCUT2D eigenvalue weighted by Gasteiger charge is -2.28. The number of rotatable bonds is 4. The van der Waals surface area contributed by atoms with Gasteiger partial charge in [-0.1, -0.05) is 6.08 Å². The molecule has 2 atom stereocenters. The summed E-state index contributed by atoms with van der Waals surface area (Å²) in [6.45, 7) is 9.62. The molecule has 0 aromatic rings. The smallest absolute Gasteiger partial charge is 0.411 e. The van der Waals surface area contributed by atoms with E-state index in [9.17, 15) is 9.59 Å². The van der Waals surface area contributed by atoms with E-state index in [1.54, 1.807) is 26.8 Å². The quantitative estimate of drug-likeness (QED) is 0.581. The first-order chi connectivity index (χ1) is 9.30. The topological polar surface area (TPSA) is 65.1 Å². The van der Waals surface area contributed by atoms with E-state index in [4.69, 9.17) is 14.2 Å². The fourth-order valence-electron chi connectivity index (χ4n) is 2.06. The van der Waals surface area contributed by atoms with Crippen LogP contribution in [0.1, 0.15) is 27.2 Å². The van der Waals surface area contributed by atoms with Crippen LogP contribution in [-0.2, 0) is 19.0 Å². The SMILES string of the molecule is C=CCO[C@H]1CCN(C(=O)OC(C)(C)C)[C@@H]1C(=O)OC. The lowest BCUT2D eigenvalue weighted by atomic mass is 10.1. The van der Waals surface area contributed by atoms with Gasteiger partial charge in [-0.05, 0) is 27.2 Å². The molecule has 0 spiro atoms. The lowest BCUT2D eigenvalue weighted by molar-refractivity contribution is -0.149. The molecular formula is C14H23NO5. The molecule has 0 bridgehead atoms. The second-order valence-corrected chi connectivity index (χ2v) is 5.59. The van der Waals surface area contributed by atoms with E-state index < -0.39 is 29.8 Å². The zero-order valence-electron chi connectivity index (χ0n) is 12.5. The molecule has 0 N–H and O–H groups in total. The standard InChI is InChI=1S/C14H23NO5/c1-6-9-19-10-7-8-15(11(10)12(16)18-5)13(17)20-14(2,3)4/h6,10-11H,1,7-9H2,2-5H3/t10-,11-/m0/s1. The Morgan fingerprint density at radius 3 is 2.55 bits per heavy atom. The molecular weight excluding hydrogens is 262 g/mol. The van der Waals surface area contributed by atoms with Gasteiger partial charge in [-0.3, -0.25) is 4.90 Å². The molecule has 0 radical (unpaired) electrons. The molecule has 1 saturated heterocycles. The molecule has 0 saturated carbocycles. The second kappa shape index (κ2) is 6.74. The molecule has 0 aromatic heterocycles. The largest absolute Gasteiger partial charge is 0.467 e. The highest BCUT2D eigenvalue weighted by atomic mass is 16.6. The molecule has 114 valence electrons. The van der Waals surface area contributed by atoms with Crippen LogP contribution in [0.2, 0.25) is 0 Å². The van der Waals surface area contributed by atoms with E-state index in [0.29, 0.717) is 19.6 Å². The molecule has 6 heteroatoms. The van der Waals surface area contributed by atoms with Gasteiger partial charge in [0.1, 0.15) is 5.60 Å². The molecule has 1 rings (SSSR count). The number of methoxy groups -OCH3 is 1. The van der Waals surface area contributed by atoms with Crippen LogP contribution in [0, 0.1) is 0 Å². The highest BCUT2D eigenvalue weighted by Gasteiger charge is 2.44. The summed E-state index contributed by atoms with van der Waals surface area (Å²) in [4.78, 5) is 25.4. The number of ether oxygens (including phenoxy) is 3. The van der Waals surface area contributed by atoms with Crippen LogP contribution in [-0.4, -0.2) is 55.0 Å². The number of amides is 1. The number of hydrogen-bond donors (Lipinski definition) is 0. The Bertz CT molecular complexity index is 374. The Labute approximate surface area is 119 Å². The molecule has 1 heterocycles. The van der Waals surface area contributed by atoms with E-state index >= 15 is 0 Å². The number of hydrogen-bond acceptors (Lipinski definition) is 5. The van der Waals surface area contributed by atoms with Crippen LogP contribution in [0.3, 0.4) is 0 Å². The van der Waals surface area contributed by atoms with Gasteiger partial charge in [0, 0.05) is 6.54 Å². The van der Waals surface area contributed by atoms with E-state index in [1.807, 2.05) is 0 Å². The molecule has 1 amide bonds. The summed E-state index contributed by atoms with van der Waals surface area (Å²) in [5.74, 6) is -0.498. The van der Waals surface area contributed by atoms with Gasteiger partial charge in [-0.2, -0.15) is 0 Å². The summed E-state index contributed by atoms with van der Waals surface area (Å²) in [7, 11) is 1.29. The number of esters is 1. The van der Waals surface area contributed by atoms with Gasteiger partial charge in [-0.15, -0.1) is 6.58 Å². The van der Waals surface area contributed by atoms with Crippen molar-refractivity contribution in [1.29, 1.82) is 0 Å². The average molecular weight is 285 g/mol. The Morgan fingerprint density at radius 2 is 2.05 bits per heavy atom. The number of nitrogens with zero attached hydrogens (tertiary/aromatic N) is 1. The van der Waals surface area contributed by atoms with E-state index in [-0.39, 0.29) is 0 Å².